The first-order chi connectivity index (χ1) is 14.0. The molecule has 2 aromatic carbocycles. The number of hydrogen-bond donors (Lipinski definition) is 1. The summed E-state index contributed by atoms with van der Waals surface area (Å²) in [4.78, 5) is 18.7. The van der Waals surface area contributed by atoms with Gasteiger partial charge in [0.1, 0.15) is 6.26 Å². The molecule has 0 spiro atoms. The SMILES string of the molecule is Cc1c(NC(=O)N2CCCC(c3ccc(F)c(F)c3)C2)cccc1-c1ncco1. The Balaban J connectivity index is 1.49. The third-order valence-corrected chi connectivity index (χ3v) is 5.36. The smallest absolute Gasteiger partial charge is 0.321 e. The van der Waals surface area contributed by atoms with Crippen LogP contribution in [0.25, 0.3) is 11.5 Å². The maximum atomic E-state index is 13.6. The van der Waals surface area contributed by atoms with Gasteiger partial charge in [-0.2, -0.15) is 0 Å². The van der Waals surface area contributed by atoms with E-state index in [0.717, 1.165) is 30.0 Å². The van der Waals surface area contributed by atoms with Crippen LogP contribution in [-0.4, -0.2) is 29.0 Å². The van der Waals surface area contributed by atoms with Crippen molar-refractivity contribution in [1.29, 1.82) is 0 Å². The molecule has 1 saturated heterocycles. The fourth-order valence-electron chi connectivity index (χ4n) is 3.75. The van der Waals surface area contributed by atoms with Crippen LogP contribution < -0.4 is 5.32 Å². The molecule has 29 heavy (non-hydrogen) atoms. The fourth-order valence-corrected chi connectivity index (χ4v) is 3.75. The van der Waals surface area contributed by atoms with Crippen LogP contribution in [-0.2, 0) is 0 Å². The number of nitrogens with one attached hydrogen (secondary N) is 1. The number of halogens is 2. The van der Waals surface area contributed by atoms with Gasteiger partial charge in [0.25, 0.3) is 0 Å². The summed E-state index contributed by atoms with van der Waals surface area (Å²) in [6.07, 6.45) is 4.71. The number of benzene rings is 2. The van der Waals surface area contributed by atoms with Crippen molar-refractivity contribution in [3.63, 3.8) is 0 Å². The number of carbonyl (C=O) groups excluding carboxylic acids is 1. The van der Waals surface area contributed by atoms with Crippen molar-refractivity contribution in [3.05, 3.63) is 71.6 Å². The van der Waals surface area contributed by atoms with Crippen LogP contribution in [0.2, 0.25) is 0 Å². The molecule has 0 radical (unpaired) electrons. The minimum atomic E-state index is -0.861. The number of aromatic nitrogens is 1. The first-order valence-electron chi connectivity index (χ1n) is 9.53. The highest BCUT2D eigenvalue weighted by molar-refractivity contribution is 5.91. The monoisotopic (exact) mass is 397 g/mol. The summed E-state index contributed by atoms with van der Waals surface area (Å²) in [5, 5.41) is 2.96. The molecule has 0 bridgehead atoms. The Kier molecular flexibility index (Phi) is 5.29. The molecule has 5 nitrogen and oxygen atoms in total. The number of nitrogens with zero attached hydrogens (tertiary/aromatic N) is 2. The molecule has 1 aliphatic rings. The Labute approximate surface area is 167 Å². The number of piperidine rings is 1. The minimum Gasteiger partial charge on any atom is -0.445 e. The maximum absolute atomic E-state index is 13.6. The van der Waals surface area contributed by atoms with Crippen LogP contribution >= 0.6 is 0 Å². The number of amides is 2. The van der Waals surface area contributed by atoms with Gasteiger partial charge < -0.3 is 14.6 Å². The second-order valence-electron chi connectivity index (χ2n) is 7.20. The van der Waals surface area contributed by atoms with Gasteiger partial charge in [0.2, 0.25) is 5.89 Å². The molecule has 1 fully saturated rings. The molecule has 1 N–H and O–H groups in total. The van der Waals surface area contributed by atoms with E-state index in [4.69, 9.17) is 4.42 Å². The quantitative estimate of drug-likeness (QED) is 0.649. The van der Waals surface area contributed by atoms with Gasteiger partial charge in [0, 0.05) is 30.3 Å². The molecule has 4 rings (SSSR count). The van der Waals surface area contributed by atoms with Crippen LogP contribution in [0.15, 0.2) is 53.3 Å². The average molecular weight is 397 g/mol. The van der Waals surface area contributed by atoms with Crippen LogP contribution in [0, 0.1) is 18.6 Å². The Hall–Kier alpha value is -3.22. The summed E-state index contributed by atoms with van der Waals surface area (Å²) >= 11 is 0. The maximum Gasteiger partial charge on any atom is 0.321 e. The number of oxazole rings is 1. The Morgan fingerprint density at radius 1 is 1.24 bits per heavy atom. The predicted molar refractivity (Wildman–Crippen MR) is 106 cm³/mol. The van der Waals surface area contributed by atoms with Crippen molar-refractivity contribution in [2.45, 2.75) is 25.7 Å². The third-order valence-electron chi connectivity index (χ3n) is 5.36. The number of rotatable bonds is 3. The number of carbonyl (C=O) groups is 1. The molecule has 150 valence electrons. The van der Waals surface area contributed by atoms with Gasteiger partial charge in [-0.1, -0.05) is 12.1 Å². The first kappa shape index (κ1) is 19.1. The largest absolute Gasteiger partial charge is 0.445 e. The van der Waals surface area contributed by atoms with E-state index < -0.39 is 11.6 Å². The summed E-state index contributed by atoms with van der Waals surface area (Å²) in [7, 11) is 0. The van der Waals surface area contributed by atoms with Crippen LogP contribution in [0.5, 0.6) is 0 Å². The molecule has 2 heterocycles. The zero-order chi connectivity index (χ0) is 20.4. The fraction of sp³-hybridized carbons (Fsp3) is 0.273. The lowest BCUT2D eigenvalue weighted by atomic mass is 9.90. The highest BCUT2D eigenvalue weighted by Gasteiger charge is 2.26. The van der Waals surface area contributed by atoms with E-state index >= 15 is 0 Å². The summed E-state index contributed by atoms with van der Waals surface area (Å²) in [5.41, 5.74) is 3.06. The molecule has 1 unspecified atom stereocenters. The molecular weight excluding hydrogens is 376 g/mol. The normalized spacial score (nSPS) is 16.7. The number of hydrogen-bond acceptors (Lipinski definition) is 3. The van der Waals surface area contributed by atoms with Crippen LogP contribution in [0.3, 0.4) is 0 Å². The van der Waals surface area contributed by atoms with Crippen molar-refractivity contribution < 1.29 is 18.0 Å². The lowest BCUT2D eigenvalue weighted by Crippen LogP contribution is -2.41. The van der Waals surface area contributed by atoms with Crippen molar-refractivity contribution >= 4 is 11.7 Å². The van der Waals surface area contributed by atoms with E-state index in [1.807, 2.05) is 25.1 Å². The third kappa shape index (κ3) is 3.99. The highest BCUT2D eigenvalue weighted by atomic mass is 19.2. The van der Waals surface area contributed by atoms with Crippen molar-refractivity contribution in [2.75, 3.05) is 18.4 Å². The summed E-state index contributed by atoms with van der Waals surface area (Å²) < 4.78 is 32.2. The van der Waals surface area contributed by atoms with Crippen LogP contribution in [0.1, 0.15) is 29.9 Å². The summed E-state index contributed by atoms with van der Waals surface area (Å²) in [5.74, 6) is -1.25. The van der Waals surface area contributed by atoms with Gasteiger partial charge in [0.15, 0.2) is 11.6 Å². The van der Waals surface area contributed by atoms with E-state index in [1.165, 1.54) is 12.3 Å². The van der Waals surface area contributed by atoms with Gasteiger partial charge in [-0.15, -0.1) is 0 Å². The lowest BCUT2D eigenvalue weighted by molar-refractivity contribution is 0.192. The van der Waals surface area contributed by atoms with E-state index in [-0.39, 0.29) is 11.9 Å². The number of urea groups is 1. The molecule has 1 aliphatic heterocycles. The molecule has 1 aromatic heterocycles. The second kappa shape index (κ2) is 8.03. The second-order valence-corrected chi connectivity index (χ2v) is 7.20. The summed E-state index contributed by atoms with van der Waals surface area (Å²) in [6.45, 7) is 2.97. The van der Waals surface area contributed by atoms with Gasteiger partial charge in [0.05, 0.1) is 6.20 Å². The zero-order valence-corrected chi connectivity index (χ0v) is 16.0. The highest BCUT2D eigenvalue weighted by Crippen LogP contribution is 2.30. The topological polar surface area (TPSA) is 58.4 Å². The Morgan fingerprint density at radius 3 is 2.86 bits per heavy atom. The summed E-state index contributed by atoms with van der Waals surface area (Å²) in [6, 6.07) is 9.29. The van der Waals surface area contributed by atoms with E-state index in [2.05, 4.69) is 10.3 Å². The van der Waals surface area contributed by atoms with Crippen molar-refractivity contribution in [3.8, 4) is 11.5 Å². The zero-order valence-electron chi connectivity index (χ0n) is 16.0. The van der Waals surface area contributed by atoms with Gasteiger partial charge in [-0.3, -0.25) is 0 Å². The van der Waals surface area contributed by atoms with E-state index in [1.54, 1.807) is 17.2 Å². The van der Waals surface area contributed by atoms with E-state index in [0.29, 0.717) is 30.2 Å². The molecule has 2 amide bonds. The van der Waals surface area contributed by atoms with Crippen molar-refractivity contribution in [2.24, 2.45) is 0 Å². The molecule has 3 aromatic rings. The Morgan fingerprint density at radius 2 is 2.10 bits per heavy atom. The van der Waals surface area contributed by atoms with Gasteiger partial charge in [-0.05, 0) is 55.2 Å². The molecular formula is C22H21F2N3O2. The molecule has 0 aliphatic carbocycles. The molecule has 7 heteroatoms. The first-order valence-corrected chi connectivity index (χ1v) is 9.53. The molecule has 1 atom stereocenters. The minimum absolute atomic E-state index is 0.0237. The lowest BCUT2D eigenvalue weighted by Gasteiger charge is -2.33. The number of anilines is 1. The van der Waals surface area contributed by atoms with E-state index in [9.17, 15) is 13.6 Å². The van der Waals surface area contributed by atoms with Crippen LogP contribution in [0.4, 0.5) is 19.3 Å². The Bertz CT molecular complexity index is 1020. The average Bonchev–Trinajstić information content (AvgIpc) is 3.26. The van der Waals surface area contributed by atoms with Gasteiger partial charge >= 0.3 is 6.03 Å². The number of likely N-dealkylation sites (tertiary alicyclic amines) is 1. The van der Waals surface area contributed by atoms with Gasteiger partial charge in [-0.25, -0.2) is 18.6 Å². The predicted octanol–water partition coefficient (Wildman–Crippen LogP) is 5.34. The molecule has 0 saturated carbocycles. The standard InChI is InChI=1S/C22H21F2N3O2/c1-14-17(21-25-9-11-29-21)5-2-6-20(14)26-22(28)27-10-3-4-16(13-27)15-7-8-18(23)19(24)12-15/h2,5-9,11-12,16H,3-4,10,13H2,1H3,(H,26,28). The van der Waals surface area contributed by atoms with Crippen molar-refractivity contribution in [1.82, 2.24) is 9.88 Å².